The van der Waals surface area contributed by atoms with Crippen LogP contribution >= 0.6 is 0 Å². The first-order chi connectivity index (χ1) is 15.1. The third-order valence-corrected chi connectivity index (χ3v) is 4.50. The number of benzene rings is 2. The molecule has 0 saturated carbocycles. The fourth-order valence-electron chi connectivity index (χ4n) is 2.77. The van der Waals surface area contributed by atoms with E-state index in [2.05, 4.69) is 20.8 Å². The first kappa shape index (κ1) is 21.8. The maximum Gasteiger partial charge on any atom is 0.316 e. The number of aryl methyl sites for hydroxylation is 1. The number of hydrogen-bond donors (Lipinski definition) is 2. The summed E-state index contributed by atoms with van der Waals surface area (Å²) in [5, 5.41) is 9.23. The summed E-state index contributed by atoms with van der Waals surface area (Å²) in [4.78, 5) is 28.2. The Bertz CT molecular complexity index is 1000. The van der Waals surface area contributed by atoms with Crippen molar-refractivity contribution in [3.8, 4) is 22.9 Å². The van der Waals surface area contributed by atoms with Gasteiger partial charge in [-0.25, -0.2) is 0 Å². The van der Waals surface area contributed by atoms with E-state index < -0.39 is 5.91 Å². The molecule has 0 aliphatic rings. The van der Waals surface area contributed by atoms with Crippen molar-refractivity contribution < 1.29 is 23.6 Å². The van der Waals surface area contributed by atoms with Crippen LogP contribution in [0.5, 0.6) is 11.5 Å². The van der Waals surface area contributed by atoms with Crippen LogP contribution in [0, 0.1) is 0 Å². The van der Waals surface area contributed by atoms with E-state index in [9.17, 15) is 9.59 Å². The molecule has 162 valence electrons. The Morgan fingerprint density at radius 1 is 0.903 bits per heavy atom. The Kier molecular flexibility index (Phi) is 7.58. The van der Waals surface area contributed by atoms with Crippen LogP contribution in [0.4, 0.5) is 0 Å². The highest BCUT2D eigenvalue weighted by Gasteiger charge is 2.15. The largest absolute Gasteiger partial charge is 0.497 e. The minimum atomic E-state index is -0.500. The van der Waals surface area contributed by atoms with Gasteiger partial charge in [-0.15, -0.1) is 0 Å². The monoisotopic (exact) mass is 424 g/mol. The van der Waals surface area contributed by atoms with Crippen LogP contribution in [0.1, 0.15) is 22.7 Å². The van der Waals surface area contributed by atoms with E-state index in [0.29, 0.717) is 36.5 Å². The zero-order chi connectivity index (χ0) is 22.1. The van der Waals surface area contributed by atoms with Gasteiger partial charge in [-0.2, -0.15) is 4.98 Å². The number of amides is 2. The summed E-state index contributed by atoms with van der Waals surface area (Å²) in [6, 6.07) is 14.7. The average Bonchev–Trinajstić information content (AvgIpc) is 3.31. The minimum Gasteiger partial charge on any atom is -0.497 e. The number of hydrogen-bond acceptors (Lipinski definition) is 7. The summed E-state index contributed by atoms with van der Waals surface area (Å²) in [5.41, 5.74) is 1.75. The summed E-state index contributed by atoms with van der Waals surface area (Å²) < 4.78 is 15.2. The van der Waals surface area contributed by atoms with Gasteiger partial charge in [0.15, 0.2) is 0 Å². The molecule has 0 aliphatic heterocycles. The van der Waals surface area contributed by atoms with Gasteiger partial charge in [-0.05, 0) is 48.4 Å². The Morgan fingerprint density at radius 3 is 2.16 bits per heavy atom. The topological polar surface area (TPSA) is 116 Å². The van der Waals surface area contributed by atoms with E-state index in [1.165, 1.54) is 0 Å². The second-order valence-corrected chi connectivity index (χ2v) is 6.61. The molecule has 3 aromatic rings. The molecule has 31 heavy (non-hydrogen) atoms. The Morgan fingerprint density at radius 2 is 1.52 bits per heavy atom. The molecule has 0 unspecified atom stereocenters. The molecule has 2 aromatic carbocycles. The Hall–Kier alpha value is -3.88. The van der Waals surface area contributed by atoms with Gasteiger partial charge in [0.2, 0.25) is 11.7 Å². The molecule has 0 atom stereocenters. The van der Waals surface area contributed by atoms with Gasteiger partial charge < -0.3 is 24.6 Å². The standard InChI is InChI=1S/C22H24N4O5/c1-29-17-8-3-15(4-9-17)5-12-19(27)23-13-14-24-21(28)22-25-20(26-31-22)16-6-10-18(30-2)11-7-16/h3-4,6-11H,5,12-14H2,1-2H3,(H,23,27)(H,24,28). The first-order valence-electron chi connectivity index (χ1n) is 9.75. The van der Waals surface area contributed by atoms with Crippen molar-refractivity contribution in [1.82, 2.24) is 20.8 Å². The van der Waals surface area contributed by atoms with Crippen molar-refractivity contribution in [2.45, 2.75) is 12.8 Å². The molecule has 2 N–H and O–H groups in total. The summed E-state index contributed by atoms with van der Waals surface area (Å²) in [5.74, 6) is 1.05. The van der Waals surface area contributed by atoms with Gasteiger partial charge in [0.05, 0.1) is 14.2 Å². The average molecular weight is 424 g/mol. The molecular formula is C22H24N4O5. The molecule has 0 aliphatic carbocycles. The minimum absolute atomic E-state index is 0.0929. The van der Waals surface area contributed by atoms with Crippen LogP contribution in [0.15, 0.2) is 53.1 Å². The van der Waals surface area contributed by atoms with Crippen LogP contribution < -0.4 is 20.1 Å². The number of nitrogens with zero attached hydrogens (tertiary/aromatic N) is 2. The molecule has 9 heteroatoms. The van der Waals surface area contributed by atoms with E-state index in [1.807, 2.05) is 24.3 Å². The van der Waals surface area contributed by atoms with E-state index in [4.69, 9.17) is 14.0 Å². The van der Waals surface area contributed by atoms with Crippen molar-refractivity contribution in [1.29, 1.82) is 0 Å². The normalized spacial score (nSPS) is 10.4. The molecule has 0 fully saturated rings. The highest BCUT2D eigenvalue weighted by Crippen LogP contribution is 2.19. The second-order valence-electron chi connectivity index (χ2n) is 6.61. The summed E-state index contributed by atoms with van der Waals surface area (Å²) in [7, 11) is 3.19. The van der Waals surface area contributed by atoms with E-state index in [-0.39, 0.29) is 18.3 Å². The number of aromatic nitrogens is 2. The lowest BCUT2D eigenvalue weighted by Gasteiger charge is -2.06. The van der Waals surface area contributed by atoms with Crippen molar-refractivity contribution in [2.75, 3.05) is 27.3 Å². The van der Waals surface area contributed by atoms with E-state index in [1.54, 1.807) is 38.5 Å². The maximum atomic E-state index is 12.1. The van der Waals surface area contributed by atoms with Crippen LogP contribution in [0.2, 0.25) is 0 Å². The van der Waals surface area contributed by atoms with E-state index >= 15 is 0 Å². The summed E-state index contributed by atoms with van der Waals surface area (Å²) in [6.07, 6.45) is 0.980. The molecular weight excluding hydrogens is 400 g/mol. The fourth-order valence-corrected chi connectivity index (χ4v) is 2.77. The van der Waals surface area contributed by atoms with Crippen molar-refractivity contribution >= 4 is 11.8 Å². The first-order valence-corrected chi connectivity index (χ1v) is 9.75. The predicted molar refractivity (Wildman–Crippen MR) is 113 cm³/mol. The molecule has 0 saturated heterocycles. The number of nitrogens with one attached hydrogen (secondary N) is 2. The lowest BCUT2D eigenvalue weighted by molar-refractivity contribution is -0.121. The zero-order valence-corrected chi connectivity index (χ0v) is 17.4. The molecule has 2 amide bonds. The molecule has 1 aromatic heterocycles. The molecule has 3 rings (SSSR count). The third kappa shape index (κ3) is 6.30. The van der Waals surface area contributed by atoms with Crippen LogP contribution in [0.25, 0.3) is 11.4 Å². The number of carbonyl (C=O) groups excluding carboxylic acids is 2. The Labute approximate surface area is 179 Å². The van der Waals surface area contributed by atoms with Crippen molar-refractivity contribution in [3.63, 3.8) is 0 Å². The van der Waals surface area contributed by atoms with Gasteiger partial charge in [0.25, 0.3) is 0 Å². The highest BCUT2D eigenvalue weighted by atomic mass is 16.5. The van der Waals surface area contributed by atoms with E-state index in [0.717, 1.165) is 11.3 Å². The Balaban J connectivity index is 1.37. The fraction of sp³-hybridized carbons (Fsp3) is 0.273. The molecule has 0 spiro atoms. The quantitative estimate of drug-likeness (QED) is 0.480. The molecule has 9 nitrogen and oxygen atoms in total. The van der Waals surface area contributed by atoms with Crippen molar-refractivity contribution in [2.24, 2.45) is 0 Å². The maximum absolute atomic E-state index is 12.1. The molecule has 1 heterocycles. The lowest BCUT2D eigenvalue weighted by Crippen LogP contribution is -2.34. The van der Waals surface area contributed by atoms with Gasteiger partial charge in [-0.1, -0.05) is 17.3 Å². The summed E-state index contributed by atoms with van der Waals surface area (Å²) in [6.45, 7) is 0.542. The van der Waals surface area contributed by atoms with Crippen LogP contribution in [-0.2, 0) is 11.2 Å². The van der Waals surface area contributed by atoms with Crippen LogP contribution in [0.3, 0.4) is 0 Å². The van der Waals surface area contributed by atoms with Gasteiger partial charge in [-0.3, -0.25) is 9.59 Å². The molecule has 0 bridgehead atoms. The third-order valence-electron chi connectivity index (χ3n) is 4.50. The number of methoxy groups -OCH3 is 2. The van der Waals surface area contributed by atoms with Gasteiger partial charge >= 0.3 is 11.8 Å². The van der Waals surface area contributed by atoms with Gasteiger partial charge in [0, 0.05) is 25.1 Å². The smallest absolute Gasteiger partial charge is 0.316 e. The number of rotatable bonds is 10. The predicted octanol–water partition coefficient (Wildman–Crippen LogP) is 2.23. The highest BCUT2D eigenvalue weighted by molar-refractivity contribution is 5.89. The number of ether oxygens (including phenoxy) is 2. The lowest BCUT2D eigenvalue weighted by atomic mass is 10.1. The van der Waals surface area contributed by atoms with Crippen molar-refractivity contribution in [3.05, 3.63) is 60.0 Å². The zero-order valence-electron chi connectivity index (χ0n) is 17.4. The second kappa shape index (κ2) is 10.8. The van der Waals surface area contributed by atoms with Crippen LogP contribution in [-0.4, -0.2) is 49.3 Å². The summed E-state index contributed by atoms with van der Waals surface area (Å²) >= 11 is 0. The SMILES string of the molecule is COc1ccc(CCC(=O)NCCNC(=O)c2nc(-c3ccc(OC)cc3)no2)cc1. The van der Waals surface area contributed by atoms with Gasteiger partial charge in [0.1, 0.15) is 11.5 Å². The number of carbonyl (C=O) groups is 2. The molecule has 0 radical (unpaired) electrons.